The van der Waals surface area contributed by atoms with Crippen LogP contribution in [0.3, 0.4) is 0 Å². The zero-order valence-corrected chi connectivity index (χ0v) is 22.3. The van der Waals surface area contributed by atoms with Crippen LogP contribution in [0.15, 0.2) is 59.6 Å². The molecule has 0 aromatic heterocycles. The lowest BCUT2D eigenvalue weighted by atomic mass is 10.1. The second-order valence-corrected chi connectivity index (χ2v) is 8.06. The molecule has 0 fully saturated rings. The SMILES string of the molecule is CCNC(=NCc1ccc(C(=O)N(C)C)cc1)NCCC(C)N(C)Cc1ccccc1.I. The predicted molar refractivity (Wildman–Crippen MR) is 145 cm³/mol. The molecule has 7 heteroatoms. The molecule has 2 aromatic carbocycles. The van der Waals surface area contributed by atoms with E-state index in [-0.39, 0.29) is 29.9 Å². The fourth-order valence-corrected chi connectivity index (χ4v) is 3.17. The van der Waals surface area contributed by atoms with Gasteiger partial charge in [0.25, 0.3) is 5.91 Å². The highest BCUT2D eigenvalue weighted by Crippen LogP contribution is 2.09. The molecule has 0 aliphatic heterocycles. The van der Waals surface area contributed by atoms with E-state index < -0.39 is 0 Å². The van der Waals surface area contributed by atoms with Crippen LogP contribution in [0.25, 0.3) is 0 Å². The lowest BCUT2D eigenvalue weighted by molar-refractivity contribution is 0.0827. The minimum atomic E-state index is 0. The summed E-state index contributed by atoms with van der Waals surface area (Å²) in [6, 6.07) is 18.7. The standard InChI is InChI=1S/C25H37N5O.HI/c1-6-26-25(28-18-21-12-14-23(15-13-21)24(31)29(3)4)27-17-16-20(2)30(5)19-22-10-8-7-9-11-22;/h7-15,20H,6,16-19H2,1-5H3,(H2,26,27,28);1H. The first-order valence-corrected chi connectivity index (χ1v) is 11.0. The highest BCUT2D eigenvalue weighted by atomic mass is 127. The Bertz CT molecular complexity index is 824. The lowest BCUT2D eigenvalue weighted by Crippen LogP contribution is -2.40. The van der Waals surface area contributed by atoms with E-state index in [1.54, 1.807) is 19.0 Å². The first-order chi connectivity index (χ1) is 14.9. The van der Waals surface area contributed by atoms with E-state index in [4.69, 9.17) is 0 Å². The van der Waals surface area contributed by atoms with Gasteiger partial charge >= 0.3 is 0 Å². The summed E-state index contributed by atoms with van der Waals surface area (Å²) >= 11 is 0. The van der Waals surface area contributed by atoms with Gasteiger partial charge in [0.15, 0.2) is 5.96 Å². The predicted octanol–water partition coefficient (Wildman–Crippen LogP) is 3.97. The Balaban J connectivity index is 0.00000512. The van der Waals surface area contributed by atoms with Crippen molar-refractivity contribution in [3.8, 4) is 0 Å². The van der Waals surface area contributed by atoms with Crippen LogP contribution in [0.1, 0.15) is 41.8 Å². The first-order valence-electron chi connectivity index (χ1n) is 11.0. The average Bonchev–Trinajstić information content (AvgIpc) is 2.77. The smallest absolute Gasteiger partial charge is 0.253 e. The maximum Gasteiger partial charge on any atom is 0.253 e. The summed E-state index contributed by atoms with van der Waals surface area (Å²) in [5.74, 6) is 0.824. The van der Waals surface area contributed by atoms with Gasteiger partial charge in [-0.05, 0) is 50.6 Å². The summed E-state index contributed by atoms with van der Waals surface area (Å²) < 4.78 is 0. The van der Waals surface area contributed by atoms with Gasteiger partial charge in [-0.15, -0.1) is 24.0 Å². The van der Waals surface area contributed by atoms with Crippen molar-refractivity contribution in [3.05, 3.63) is 71.3 Å². The van der Waals surface area contributed by atoms with Crippen molar-refractivity contribution in [3.63, 3.8) is 0 Å². The van der Waals surface area contributed by atoms with Gasteiger partial charge in [-0.3, -0.25) is 9.69 Å². The number of hydrogen-bond acceptors (Lipinski definition) is 3. The summed E-state index contributed by atoms with van der Waals surface area (Å²) in [6.45, 7) is 7.49. The monoisotopic (exact) mass is 551 g/mol. The van der Waals surface area contributed by atoms with Crippen molar-refractivity contribution < 1.29 is 4.79 Å². The number of carbonyl (C=O) groups is 1. The van der Waals surface area contributed by atoms with Crippen molar-refractivity contribution >= 4 is 35.8 Å². The molecule has 2 rings (SSSR count). The highest BCUT2D eigenvalue weighted by molar-refractivity contribution is 14.0. The van der Waals surface area contributed by atoms with Crippen LogP contribution in [0.2, 0.25) is 0 Å². The fraction of sp³-hybridized carbons (Fsp3) is 0.440. The molecule has 1 amide bonds. The van der Waals surface area contributed by atoms with Crippen LogP contribution >= 0.6 is 24.0 Å². The maximum absolute atomic E-state index is 12.0. The Morgan fingerprint density at radius 3 is 2.22 bits per heavy atom. The van der Waals surface area contributed by atoms with Crippen LogP contribution in [-0.2, 0) is 13.1 Å². The van der Waals surface area contributed by atoms with Crippen molar-refractivity contribution in [2.24, 2.45) is 4.99 Å². The number of carbonyl (C=O) groups excluding carboxylic acids is 1. The van der Waals surface area contributed by atoms with Crippen LogP contribution in [0, 0.1) is 0 Å². The number of rotatable bonds is 10. The number of halogens is 1. The van der Waals surface area contributed by atoms with Crippen molar-refractivity contribution in [2.75, 3.05) is 34.2 Å². The minimum Gasteiger partial charge on any atom is -0.357 e. The molecule has 1 unspecified atom stereocenters. The Morgan fingerprint density at radius 1 is 0.969 bits per heavy atom. The van der Waals surface area contributed by atoms with Gasteiger partial charge in [0.1, 0.15) is 0 Å². The number of benzene rings is 2. The van der Waals surface area contributed by atoms with E-state index in [1.807, 2.05) is 24.3 Å². The van der Waals surface area contributed by atoms with E-state index in [2.05, 4.69) is 71.8 Å². The van der Waals surface area contributed by atoms with E-state index in [1.165, 1.54) is 5.56 Å². The third-order valence-corrected chi connectivity index (χ3v) is 5.25. The molecule has 176 valence electrons. The second kappa shape index (κ2) is 14.8. The third kappa shape index (κ3) is 9.56. The molecule has 1 atom stereocenters. The summed E-state index contributed by atoms with van der Waals surface area (Å²) in [7, 11) is 5.69. The molecular formula is C25H38IN5O. The molecule has 0 saturated heterocycles. The number of hydrogen-bond donors (Lipinski definition) is 2. The van der Waals surface area contributed by atoms with Gasteiger partial charge in [0, 0.05) is 45.3 Å². The molecule has 0 radical (unpaired) electrons. The van der Waals surface area contributed by atoms with Gasteiger partial charge in [-0.25, -0.2) is 4.99 Å². The largest absolute Gasteiger partial charge is 0.357 e. The highest BCUT2D eigenvalue weighted by Gasteiger charge is 2.10. The second-order valence-electron chi connectivity index (χ2n) is 8.06. The zero-order chi connectivity index (χ0) is 22.6. The van der Waals surface area contributed by atoms with Gasteiger partial charge in [-0.2, -0.15) is 0 Å². The number of nitrogens with zero attached hydrogens (tertiary/aromatic N) is 3. The van der Waals surface area contributed by atoms with Gasteiger partial charge in [0.2, 0.25) is 0 Å². The Hall–Kier alpha value is -2.13. The molecule has 2 N–H and O–H groups in total. The van der Waals surface area contributed by atoms with E-state index in [0.29, 0.717) is 18.2 Å². The number of amides is 1. The average molecular weight is 552 g/mol. The fourth-order valence-electron chi connectivity index (χ4n) is 3.17. The Morgan fingerprint density at radius 2 is 1.62 bits per heavy atom. The van der Waals surface area contributed by atoms with Crippen molar-refractivity contribution in [1.29, 1.82) is 0 Å². The van der Waals surface area contributed by atoms with E-state index in [0.717, 1.165) is 37.6 Å². The molecular weight excluding hydrogens is 513 g/mol. The first kappa shape index (κ1) is 27.9. The molecule has 0 aliphatic rings. The van der Waals surface area contributed by atoms with Crippen LogP contribution < -0.4 is 10.6 Å². The number of nitrogens with one attached hydrogen (secondary N) is 2. The Kier molecular flexibility index (Phi) is 12.9. The van der Waals surface area contributed by atoms with E-state index in [9.17, 15) is 4.79 Å². The van der Waals surface area contributed by atoms with Crippen LogP contribution in [0.5, 0.6) is 0 Å². The van der Waals surface area contributed by atoms with Crippen LogP contribution in [0.4, 0.5) is 0 Å². The van der Waals surface area contributed by atoms with Crippen molar-refractivity contribution in [2.45, 2.75) is 39.4 Å². The summed E-state index contributed by atoms with van der Waals surface area (Å²) in [4.78, 5) is 20.6. The van der Waals surface area contributed by atoms with Crippen molar-refractivity contribution in [1.82, 2.24) is 20.4 Å². The molecule has 2 aromatic rings. The summed E-state index contributed by atoms with van der Waals surface area (Å²) in [5.41, 5.74) is 3.10. The van der Waals surface area contributed by atoms with Gasteiger partial charge in [0.05, 0.1) is 6.54 Å². The summed E-state index contributed by atoms with van der Waals surface area (Å²) in [5, 5.41) is 6.74. The molecule has 0 saturated carbocycles. The molecule has 32 heavy (non-hydrogen) atoms. The normalized spacial score (nSPS) is 12.1. The molecule has 0 heterocycles. The Labute approximate surface area is 210 Å². The van der Waals surface area contributed by atoms with Gasteiger partial charge < -0.3 is 15.5 Å². The number of guanidine groups is 1. The molecule has 0 aliphatic carbocycles. The summed E-state index contributed by atoms with van der Waals surface area (Å²) in [6.07, 6.45) is 1.02. The number of aliphatic imine (C=N–C) groups is 1. The quantitative estimate of drug-likeness (QED) is 0.267. The lowest BCUT2D eigenvalue weighted by Gasteiger charge is -2.25. The van der Waals surface area contributed by atoms with E-state index >= 15 is 0 Å². The molecule has 0 spiro atoms. The third-order valence-electron chi connectivity index (χ3n) is 5.25. The van der Waals surface area contributed by atoms with Gasteiger partial charge in [-0.1, -0.05) is 42.5 Å². The minimum absolute atomic E-state index is 0. The molecule has 0 bridgehead atoms. The zero-order valence-electron chi connectivity index (χ0n) is 20.0. The maximum atomic E-state index is 12.0. The molecule has 6 nitrogen and oxygen atoms in total. The topological polar surface area (TPSA) is 60.0 Å². The van der Waals surface area contributed by atoms with Crippen LogP contribution in [-0.4, -0.2) is 61.9 Å².